The zero-order valence-electron chi connectivity index (χ0n) is 26.5. The number of para-hydroxylation sites is 2. The molecule has 0 radical (unpaired) electrons. The maximum Gasteiger partial charge on any atom is 0.0549 e. The van der Waals surface area contributed by atoms with Gasteiger partial charge in [-0.3, -0.25) is 0 Å². The number of rotatable bonds is 3. The summed E-state index contributed by atoms with van der Waals surface area (Å²) < 4.78 is 7.61. The van der Waals surface area contributed by atoms with Crippen LogP contribution in [-0.4, -0.2) is 9.13 Å². The Hall–Kier alpha value is -6.16. The van der Waals surface area contributed by atoms with Gasteiger partial charge in [-0.1, -0.05) is 121 Å². The van der Waals surface area contributed by atoms with Gasteiger partial charge in [0.2, 0.25) is 0 Å². The van der Waals surface area contributed by atoms with Crippen LogP contribution >= 0.6 is 11.3 Å². The molecule has 49 heavy (non-hydrogen) atoms. The Morgan fingerprint density at radius 2 is 0.980 bits per heavy atom. The highest BCUT2D eigenvalue weighted by Crippen LogP contribution is 2.46. The van der Waals surface area contributed by atoms with E-state index in [1.165, 1.54) is 97.1 Å². The minimum absolute atomic E-state index is 1.18. The molecule has 0 unspecified atom stereocenters. The van der Waals surface area contributed by atoms with Gasteiger partial charge in [0, 0.05) is 58.4 Å². The van der Waals surface area contributed by atoms with Crippen LogP contribution in [-0.2, 0) is 0 Å². The van der Waals surface area contributed by atoms with Gasteiger partial charge in [0.15, 0.2) is 0 Å². The van der Waals surface area contributed by atoms with Crippen molar-refractivity contribution in [1.82, 2.24) is 9.13 Å². The summed E-state index contributed by atoms with van der Waals surface area (Å²) in [7, 11) is 0. The molecular formula is C46H28N2S. The molecule has 0 amide bonds. The van der Waals surface area contributed by atoms with Crippen molar-refractivity contribution in [2.24, 2.45) is 0 Å². The summed E-state index contributed by atoms with van der Waals surface area (Å²) in [5, 5.41) is 10.2. The van der Waals surface area contributed by atoms with E-state index in [9.17, 15) is 0 Å². The van der Waals surface area contributed by atoms with Crippen LogP contribution in [0.2, 0.25) is 0 Å². The second kappa shape index (κ2) is 10.2. The first-order chi connectivity index (χ1) is 24.3. The molecule has 11 rings (SSSR count). The number of thiophene rings is 1. The van der Waals surface area contributed by atoms with Gasteiger partial charge in [-0.2, -0.15) is 0 Å². The van der Waals surface area contributed by atoms with E-state index in [0.29, 0.717) is 0 Å². The Labute approximate surface area is 286 Å². The lowest BCUT2D eigenvalue weighted by Gasteiger charge is -2.13. The van der Waals surface area contributed by atoms with E-state index in [2.05, 4.69) is 179 Å². The zero-order chi connectivity index (χ0) is 32.1. The molecule has 0 fully saturated rings. The lowest BCUT2D eigenvalue weighted by Crippen LogP contribution is -1.96. The number of nitrogens with zero attached hydrogens (tertiary/aromatic N) is 2. The van der Waals surface area contributed by atoms with Crippen LogP contribution < -0.4 is 0 Å². The minimum atomic E-state index is 1.18. The molecule has 3 aromatic heterocycles. The predicted molar refractivity (Wildman–Crippen MR) is 211 cm³/mol. The highest BCUT2D eigenvalue weighted by Gasteiger charge is 2.22. The standard InChI is InChI=1S/C46H28N2S/c1-2-13-30(14-3-1)36-27-31(28-37-33-18-8-11-24-43(33)49-46(36)37)47-39-21-9-6-19-34(39)44-41(47)25-26-42-45(44)35-20-7-10-22-40(35)48(42)38-23-12-16-29-15-4-5-17-32(29)38/h1-28H. The van der Waals surface area contributed by atoms with Crippen LogP contribution in [0.4, 0.5) is 0 Å². The molecule has 0 saturated carbocycles. The fourth-order valence-electron chi connectivity index (χ4n) is 8.23. The molecule has 3 heterocycles. The molecule has 228 valence electrons. The summed E-state index contributed by atoms with van der Waals surface area (Å²) in [6.45, 7) is 0. The Kier molecular flexibility index (Phi) is 5.57. The fraction of sp³-hybridized carbons (Fsp3) is 0. The number of aromatic nitrogens is 2. The molecule has 0 spiro atoms. The van der Waals surface area contributed by atoms with Crippen LogP contribution in [0.1, 0.15) is 0 Å². The van der Waals surface area contributed by atoms with Crippen LogP contribution in [0.25, 0.3) is 97.1 Å². The van der Waals surface area contributed by atoms with Crippen molar-refractivity contribution < 1.29 is 0 Å². The number of hydrogen-bond donors (Lipinski definition) is 0. The summed E-state index contributed by atoms with van der Waals surface area (Å²) in [5.41, 5.74) is 9.76. The molecular weight excluding hydrogens is 613 g/mol. The molecule has 2 nitrogen and oxygen atoms in total. The van der Waals surface area contributed by atoms with Crippen molar-refractivity contribution in [3.63, 3.8) is 0 Å². The number of fused-ring (bicyclic) bond motifs is 11. The Morgan fingerprint density at radius 1 is 0.388 bits per heavy atom. The van der Waals surface area contributed by atoms with E-state index in [4.69, 9.17) is 0 Å². The molecule has 0 aliphatic heterocycles. The summed E-state index contributed by atoms with van der Waals surface area (Å²) in [6.07, 6.45) is 0. The average molecular weight is 641 g/mol. The van der Waals surface area contributed by atoms with Gasteiger partial charge in [0.1, 0.15) is 0 Å². The summed E-state index contributed by atoms with van der Waals surface area (Å²) in [5.74, 6) is 0. The maximum absolute atomic E-state index is 2.49. The quantitative estimate of drug-likeness (QED) is 0.182. The maximum atomic E-state index is 2.49. The van der Waals surface area contributed by atoms with E-state index < -0.39 is 0 Å². The molecule has 8 aromatic carbocycles. The molecule has 11 aromatic rings. The van der Waals surface area contributed by atoms with Crippen molar-refractivity contribution in [1.29, 1.82) is 0 Å². The number of benzene rings is 8. The predicted octanol–water partition coefficient (Wildman–Crippen LogP) is 13.1. The third kappa shape index (κ3) is 3.76. The largest absolute Gasteiger partial charge is 0.309 e. The second-order valence-corrected chi connectivity index (χ2v) is 13.9. The highest BCUT2D eigenvalue weighted by atomic mass is 32.1. The lowest BCUT2D eigenvalue weighted by atomic mass is 10.0. The van der Waals surface area contributed by atoms with Crippen molar-refractivity contribution >= 4 is 85.9 Å². The summed E-state index contributed by atoms with van der Waals surface area (Å²) >= 11 is 1.89. The molecule has 0 aliphatic rings. The van der Waals surface area contributed by atoms with Gasteiger partial charge < -0.3 is 9.13 Å². The monoisotopic (exact) mass is 640 g/mol. The van der Waals surface area contributed by atoms with Crippen LogP contribution in [0.15, 0.2) is 170 Å². The van der Waals surface area contributed by atoms with E-state index in [-0.39, 0.29) is 0 Å². The SMILES string of the molecule is c1ccc(-c2cc(-n3c4ccccc4c4c5c6ccccc6n(-c6cccc7ccccc67)c5ccc43)cc3c2sc2ccccc23)cc1. The van der Waals surface area contributed by atoms with Crippen LogP contribution in [0.3, 0.4) is 0 Å². The molecule has 3 heteroatoms. The topological polar surface area (TPSA) is 9.86 Å². The zero-order valence-corrected chi connectivity index (χ0v) is 27.3. The van der Waals surface area contributed by atoms with Gasteiger partial charge in [-0.15, -0.1) is 11.3 Å². The van der Waals surface area contributed by atoms with E-state index in [1.807, 2.05) is 11.3 Å². The van der Waals surface area contributed by atoms with Crippen molar-refractivity contribution in [2.45, 2.75) is 0 Å². The van der Waals surface area contributed by atoms with Gasteiger partial charge >= 0.3 is 0 Å². The first kappa shape index (κ1) is 26.9. The van der Waals surface area contributed by atoms with Crippen LogP contribution in [0.5, 0.6) is 0 Å². The normalized spacial score (nSPS) is 12.1. The fourth-order valence-corrected chi connectivity index (χ4v) is 9.45. The molecule has 0 atom stereocenters. The Bertz CT molecular complexity index is 3100. The molecule has 0 N–H and O–H groups in total. The third-order valence-corrected chi connectivity index (χ3v) is 11.5. The molecule has 0 saturated heterocycles. The average Bonchev–Trinajstić information content (AvgIpc) is 3.82. The van der Waals surface area contributed by atoms with Crippen molar-refractivity contribution in [2.75, 3.05) is 0 Å². The highest BCUT2D eigenvalue weighted by molar-refractivity contribution is 7.26. The van der Waals surface area contributed by atoms with E-state index in [1.54, 1.807) is 0 Å². The summed E-state index contributed by atoms with van der Waals surface area (Å²) in [4.78, 5) is 0. The first-order valence-corrected chi connectivity index (χ1v) is 17.6. The van der Waals surface area contributed by atoms with Gasteiger partial charge in [0.25, 0.3) is 0 Å². The van der Waals surface area contributed by atoms with E-state index >= 15 is 0 Å². The Morgan fingerprint density at radius 3 is 1.76 bits per heavy atom. The van der Waals surface area contributed by atoms with E-state index in [0.717, 1.165) is 0 Å². The minimum Gasteiger partial charge on any atom is -0.309 e. The third-order valence-electron chi connectivity index (χ3n) is 10.3. The van der Waals surface area contributed by atoms with Gasteiger partial charge in [-0.05, 0) is 59.5 Å². The Balaban J connectivity index is 1.29. The van der Waals surface area contributed by atoms with Crippen molar-refractivity contribution in [3.8, 4) is 22.5 Å². The van der Waals surface area contributed by atoms with Crippen LogP contribution in [0, 0.1) is 0 Å². The second-order valence-electron chi connectivity index (χ2n) is 12.9. The van der Waals surface area contributed by atoms with Gasteiger partial charge in [0.05, 0.1) is 27.8 Å². The smallest absolute Gasteiger partial charge is 0.0549 e. The summed E-state index contributed by atoms with van der Waals surface area (Å²) in [6, 6.07) is 62.4. The first-order valence-electron chi connectivity index (χ1n) is 16.8. The lowest BCUT2D eigenvalue weighted by molar-refractivity contribution is 1.18. The molecule has 0 bridgehead atoms. The number of hydrogen-bond acceptors (Lipinski definition) is 1. The van der Waals surface area contributed by atoms with Crippen molar-refractivity contribution in [3.05, 3.63) is 170 Å². The molecule has 0 aliphatic carbocycles. The van der Waals surface area contributed by atoms with Gasteiger partial charge in [-0.25, -0.2) is 0 Å².